The van der Waals surface area contributed by atoms with Crippen LogP contribution >= 0.6 is 0 Å². The van der Waals surface area contributed by atoms with E-state index in [9.17, 15) is 0 Å². The first kappa shape index (κ1) is 31.5. The summed E-state index contributed by atoms with van der Waals surface area (Å²) >= 11 is 0. The molecule has 0 aliphatic heterocycles. The summed E-state index contributed by atoms with van der Waals surface area (Å²) in [5.41, 5.74) is 14.4. The van der Waals surface area contributed by atoms with Gasteiger partial charge < -0.3 is 9.80 Å². The molecule has 52 heavy (non-hydrogen) atoms. The molecule has 0 aliphatic carbocycles. The van der Waals surface area contributed by atoms with Crippen molar-refractivity contribution in [3.05, 3.63) is 180 Å². The van der Waals surface area contributed by atoms with Crippen LogP contribution in [0.2, 0.25) is 0 Å². The fraction of sp³-hybridized carbons (Fsp3) is 0.0833. The number of rotatable bonds is 6. The van der Waals surface area contributed by atoms with Crippen molar-refractivity contribution in [2.45, 2.75) is 27.7 Å². The van der Waals surface area contributed by atoms with Gasteiger partial charge in [0.15, 0.2) is 0 Å². The van der Waals surface area contributed by atoms with Crippen molar-refractivity contribution in [3.8, 4) is 0 Å². The molecule has 1 aromatic heterocycles. The highest BCUT2D eigenvalue weighted by Gasteiger charge is 2.24. The minimum Gasteiger partial charge on any atom is -0.308 e. The van der Waals surface area contributed by atoms with E-state index < -0.39 is 0 Å². The predicted octanol–water partition coefficient (Wildman–Crippen LogP) is 13.3. The highest BCUT2D eigenvalue weighted by molar-refractivity contribution is 6.24. The minimum absolute atomic E-state index is 0.832. The monoisotopic (exact) mass is 670 g/mol. The summed E-state index contributed by atoms with van der Waals surface area (Å²) in [5, 5.41) is 4.53. The third kappa shape index (κ3) is 5.41. The van der Waals surface area contributed by atoms with Crippen LogP contribution < -0.4 is 9.80 Å². The van der Waals surface area contributed by atoms with Crippen LogP contribution in [0.3, 0.4) is 0 Å². The van der Waals surface area contributed by atoms with Crippen molar-refractivity contribution in [2.24, 2.45) is 0 Å². The molecular weight excluding hydrogens is 633 g/mol. The molecule has 0 fully saturated rings. The summed E-state index contributed by atoms with van der Waals surface area (Å²) in [6.45, 7) is 8.58. The van der Waals surface area contributed by atoms with Crippen molar-refractivity contribution in [1.29, 1.82) is 0 Å². The number of hydrogen-bond donors (Lipinski definition) is 0. The average Bonchev–Trinajstić information content (AvgIpc) is 3.15. The zero-order valence-corrected chi connectivity index (χ0v) is 29.8. The van der Waals surface area contributed by atoms with Gasteiger partial charge in [0.25, 0.3) is 0 Å². The first-order chi connectivity index (χ1) is 25.4. The first-order valence-electron chi connectivity index (χ1n) is 17.8. The topological polar surface area (TPSA) is 32.3 Å². The molecule has 0 atom stereocenters. The van der Waals surface area contributed by atoms with E-state index in [2.05, 4.69) is 195 Å². The van der Waals surface area contributed by atoms with Gasteiger partial charge in [-0.1, -0.05) is 97.1 Å². The van der Waals surface area contributed by atoms with Crippen LogP contribution in [0, 0.1) is 27.7 Å². The van der Waals surface area contributed by atoms with Gasteiger partial charge in [-0.05, 0) is 121 Å². The fourth-order valence-electron chi connectivity index (χ4n) is 7.62. The molecule has 0 saturated heterocycles. The first-order valence-corrected chi connectivity index (χ1v) is 17.8. The molecule has 9 aromatic rings. The molecule has 0 unspecified atom stereocenters. The van der Waals surface area contributed by atoms with Gasteiger partial charge in [-0.2, -0.15) is 0 Å². The van der Waals surface area contributed by atoms with Crippen molar-refractivity contribution in [3.63, 3.8) is 0 Å². The van der Waals surface area contributed by atoms with E-state index in [-0.39, 0.29) is 0 Å². The fourth-order valence-corrected chi connectivity index (χ4v) is 7.62. The highest BCUT2D eigenvalue weighted by Crippen LogP contribution is 2.46. The average molecular weight is 671 g/mol. The summed E-state index contributed by atoms with van der Waals surface area (Å²) in [6.07, 6.45) is 0. The van der Waals surface area contributed by atoms with Crippen molar-refractivity contribution in [1.82, 2.24) is 9.97 Å². The summed E-state index contributed by atoms with van der Waals surface area (Å²) in [4.78, 5) is 16.1. The van der Waals surface area contributed by atoms with Crippen LogP contribution in [-0.4, -0.2) is 9.97 Å². The SMILES string of the molecule is Cc1cccc(N(c2cccc(C)c2)c2ccc(N(c3cccc(C)c3)c3cccc(C)c3)c3nc4c5ccccc5c5ccccc5c4nc23)c1. The van der Waals surface area contributed by atoms with Crippen molar-refractivity contribution < 1.29 is 0 Å². The smallest absolute Gasteiger partial charge is 0.116 e. The maximum atomic E-state index is 5.71. The molecule has 0 aliphatic rings. The number of aryl methyl sites for hydroxylation is 4. The van der Waals surface area contributed by atoms with E-state index in [1.165, 1.54) is 33.0 Å². The number of aromatic nitrogens is 2. The molecule has 4 nitrogen and oxygen atoms in total. The second-order valence-electron chi connectivity index (χ2n) is 13.8. The van der Waals surface area contributed by atoms with Crippen LogP contribution in [-0.2, 0) is 0 Å². The maximum absolute atomic E-state index is 5.71. The largest absolute Gasteiger partial charge is 0.308 e. The summed E-state index contributed by atoms with van der Waals surface area (Å²) in [5.74, 6) is 0. The van der Waals surface area contributed by atoms with E-state index in [1.54, 1.807) is 0 Å². The second kappa shape index (κ2) is 12.7. The molecule has 0 saturated carbocycles. The minimum atomic E-state index is 0.832. The van der Waals surface area contributed by atoms with Gasteiger partial charge in [-0.25, -0.2) is 9.97 Å². The Morgan fingerprint density at radius 3 is 0.923 bits per heavy atom. The molecular formula is C48H38N4. The van der Waals surface area contributed by atoms with E-state index >= 15 is 0 Å². The van der Waals surface area contributed by atoms with Gasteiger partial charge in [0.2, 0.25) is 0 Å². The standard InChI is InChI=1S/C48H38N4/c1-31-13-9-17-35(27-31)51(36-18-10-14-32(2)28-36)43-25-26-44(52(37-19-11-15-33(3)29-37)38-20-12-16-34(4)30-38)48-47(43)49-45-41-23-7-5-21-39(41)40-22-6-8-24-42(40)46(45)50-48/h5-30H,1-4H3. The molecule has 9 rings (SSSR count). The number of nitrogens with zero attached hydrogens (tertiary/aromatic N) is 4. The van der Waals surface area contributed by atoms with E-state index in [0.29, 0.717) is 0 Å². The van der Waals surface area contributed by atoms with Crippen molar-refractivity contribution >= 4 is 77.7 Å². The maximum Gasteiger partial charge on any atom is 0.116 e. The highest BCUT2D eigenvalue weighted by atomic mass is 15.2. The lowest BCUT2D eigenvalue weighted by Gasteiger charge is -2.30. The third-order valence-corrected chi connectivity index (χ3v) is 9.96. The van der Waals surface area contributed by atoms with Gasteiger partial charge in [-0.3, -0.25) is 0 Å². The number of hydrogen-bond acceptors (Lipinski definition) is 4. The summed E-state index contributed by atoms with van der Waals surface area (Å²) in [6, 6.07) is 56.4. The molecule has 0 amide bonds. The van der Waals surface area contributed by atoms with Gasteiger partial charge in [0.05, 0.1) is 22.4 Å². The van der Waals surface area contributed by atoms with Crippen LogP contribution in [0.5, 0.6) is 0 Å². The predicted molar refractivity (Wildman–Crippen MR) is 220 cm³/mol. The Hall–Kier alpha value is -6.52. The van der Waals surface area contributed by atoms with Crippen LogP contribution in [0.4, 0.5) is 34.1 Å². The lowest BCUT2D eigenvalue weighted by Crippen LogP contribution is -2.15. The molecule has 0 N–H and O–H groups in total. The van der Waals surface area contributed by atoms with Crippen LogP contribution in [0.1, 0.15) is 22.3 Å². The molecule has 4 heteroatoms. The molecule has 0 bridgehead atoms. The zero-order chi connectivity index (χ0) is 35.3. The quantitative estimate of drug-likeness (QED) is 0.130. The molecule has 0 radical (unpaired) electrons. The second-order valence-corrected chi connectivity index (χ2v) is 13.8. The van der Waals surface area contributed by atoms with E-state index in [1.807, 2.05) is 0 Å². The Kier molecular flexibility index (Phi) is 7.66. The van der Waals surface area contributed by atoms with Crippen LogP contribution in [0.15, 0.2) is 158 Å². The molecule has 0 spiro atoms. The zero-order valence-electron chi connectivity index (χ0n) is 29.8. The van der Waals surface area contributed by atoms with Crippen molar-refractivity contribution in [2.75, 3.05) is 9.80 Å². The Bertz CT molecular complexity index is 2540. The normalized spacial score (nSPS) is 11.5. The summed E-state index contributed by atoms with van der Waals surface area (Å²) < 4.78 is 0. The number of fused-ring (bicyclic) bond motifs is 7. The lowest BCUT2D eigenvalue weighted by atomic mass is 9.99. The Labute approximate surface area is 304 Å². The van der Waals surface area contributed by atoms with E-state index in [0.717, 1.165) is 67.0 Å². The number of anilines is 6. The lowest BCUT2D eigenvalue weighted by molar-refractivity contribution is 1.23. The Balaban J connectivity index is 1.46. The van der Waals surface area contributed by atoms with Gasteiger partial charge in [0, 0.05) is 33.5 Å². The molecule has 8 aromatic carbocycles. The Morgan fingerprint density at radius 2 is 0.615 bits per heavy atom. The Morgan fingerprint density at radius 1 is 0.308 bits per heavy atom. The van der Waals surface area contributed by atoms with E-state index in [4.69, 9.17) is 9.97 Å². The molecule has 250 valence electrons. The third-order valence-electron chi connectivity index (χ3n) is 9.96. The van der Waals surface area contributed by atoms with Gasteiger partial charge in [0.1, 0.15) is 11.0 Å². The summed E-state index contributed by atoms with van der Waals surface area (Å²) in [7, 11) is 0. The number of benzene rings is 8. The van der Waals surface area contributed by atoms with Gasteiger partial charge in [-0.15, -0.1) is 0 Å². The van der Waals surface area contributed by atoms with Gasteiger partial charge >= 0.3 is 0 Å². The molecule has 1 heterocycles. The van der Waals surface area contributed by atoms with Crippen LogP contribution in [0.25, 0.3) is 43.6 Å².